The van der Waals surface area contributed by atoms with Gasteiger partial charge in [0, 0.05) is 6.54 Å². The van der Waals surface area contributed by atoms with E-state index in [9.17, 15) is 9.59 Å². The highest BCUT2D eigenvalue weighted by molar-refractivity contribution is 5.94. The van der Waals surface area contributed by atoms with Gasteiger partial charge in [0.15, 0.2) is 0 Å². The zero-order chi connectivity index (χ0) is 15.2. The minimum Gasteiger partial charge on any atom is -0.351 e. The molecule has 1 aliphatic heterocycles. The lowest BCUT2D eigenvalue weighted by molar-refractivity contribution is -0.121. The number of likely N-dealkylation sites (tertiary alicyclic amines) is 1. The van der Waals surface area contributed by atoms with Gasteiger partial charge in [-0.2, -0.15) is 0 Å². The molecule has 21 heavy (non-hydrogen) atoms. The maximum Gasteiger partial charge on any atom is 0.318 e. The van der Waals surface area contributed by atoms with Crippen molar-refractivity contribution in [1.29, 1.82) is 0 Å². The van der Waals surface area contributed by atoms with Crippen molar-refractivity contribution in [2.45, 2.75) is 26.2 Å². The molecule has 1 aromatic carbocycles. The minimum atomic E-state index is -0.784. The number of piperidine rings is 1. The summed E-state index contributed by atoms with van der Waals surface area (Å²) in [6.07, 6.45) is 3.30. The van der Waals surface area contributed by atoms with E-state index in [4.69, 9.17) is 5.73 Å². The minimum absolute atomic E-state index is 0.243. The molecule has 114 valence electrons. The van der Waals surface area contributed by atoms with Gasteiger partial charge in [-0.15, -0.1) is 0 Å². The van der Waals surface area contributed by atoms with Crippen LogP contribution in [0.5, 0.6) is 0 Å². The van der Waals surface area contributed by atoms with Gasteiger partial charge < -0.3 is 5.73 Å². The Morgan fingerprint density at radius 2 is 2.05 bits per heavy atom. The predicted molar refractivity (Wildman–Crippen MR) is 81.8 cm³/mol. The number of amides is 3. The third-order valence-corrected chi connectivity index (χ3v) is 3.88. The molecule has 1 aliphatic rings. The van der Waals surface area contributed by atoms with Gasteiger partial charge in [-0.1, -0.05) is 29.8 Å². The number of benzene rings is 1. The van der Waals surface area contributed by atoms with E-state index in [1.165, 1.54) is 17.5 Å². The number of nitrogens with one attached hydrogen (secondary N) is 1. The van der Waals surface area contributed by atoms with E-state index in [0.717, 1.165) is 25.9 Å². The van der Waals surface area contributed by atoms with Gasteiger partial charge in [0.1, 0.15) is 0 Å². The van der Waals surface area contributed by atoms with E-state index >= 15 is 0 Å². The van der Waals surface area contributed by atoms with Crippen LogP contribution in [0.4, 0.5) is 4.79 Å². The highest BCUT2D eigenvalue weighted by Gasteiger charge is 2.22. The van der Waals surface area contributed by atoms with Crippen LogP contribution in [0.1, 0.15) is 24.0 Å². The first kappa shape index (κ1) is 15.5. The number of nitrogens with two attached hydrogens (primary N) is 1. The molecule has 0 spiro atoms. The summed E-state index contributed by atoms with van der Waals surface area (Å²) in [7, 11) is 0. The zero-order valence-electron chi connectivity index (χ0n) is 12.5. The maximum atomic E-state index is 11.6. The van der Waals surface area contributed by atoms with Gasteiger partial charge in [0.05, 0.1) is 6.54 Å². The standard InChI is InChI=1S/C16H23N3O2/c1-12-4-6-13(7-5-12)9-14-3-2-8-19(10-14)11-15(20)18-16(17)21/h4-7,14H,2-3,8-11H2,1H3,(H3,17,18,20,21). The maximum absolute atomic E-state index is 11.6. The van der Waals surface area contributed by atoms with Crippen LogP contribution in [0.2, 0.25) is 0 Å². The van der Waals surface area contributed by atoms with E-state index in [-0.39, 0.29) is 12.5 Å². The van der Waals surface area contributed by atoms with Crippen molar-refractivity contribution in [3.63, 3.8) is 0 Å². The number of imide groups is 1. The van der Waals surface area contributed by atoms with Crippen molar-refractivity contribution in [2.75, 3.05) is 19.6 Å². The quantitative estimate of drug-likeness (QED) is 0.880. The Morgan fingerprint density at radius 1 is 1.33 bits per heavy atom. The van der Waals surface area contributed by atoms with Crippen LogP contribution in [0.25, 0.3) is 0 Å². The first-order chi connectivity index (χ1) is 10.0. The van der Waals surface area contributed by atoms with E-state index in [0.29, 0.717) is 5.92 Å². The van der Waals surface area contributed by atoms with Gasteiger partial charge in [0.2, 0.25) is 5.91 Å². The van der Waals surface area contributed by atoms with Crippen LogP contribution in [-0.4, -0.2) is 36.5 Å². The first-order valence-corrected chi connectivity index (χ1v) is 7.40. The fourth-order valence-corrected chi connectivity index (χ4v) is 2.90. The lowest BCUT2D eigenvalue weighted by Crippen LogP contribution is -2.45. The Bertz CT molecular complexity index is 499. The fraction of sp³-hybridized carbons (Fsp3) is 0.500. The second-order valence-corrected chi connectivity index (χ2v) is 5.85. The molecule has 1 atom stereocenters. The third kappa shape index (κ3) is 5.19. The molecule has 2 rings (SSSR count). The first-order valence-electron chi connectivity index (χ1n) is 7.40. The van der Waals surface area contributed by atoms with Crippen LogP contribution in [0, 0.1) is 12.8 Å². The molecule has 5 nitrogen and oxygen atoms in total. The Hall–Kier alpha value is -1.88. The van der Waals surface area contributed by atoms with E-state index in [2.05, 4.69) is 41.4 Å². The van der Waals surface area contributed by atoms with Crippen molar-refractivity contribution in [3.05, 3.63) is 35.4 Å². The van der Waals surface area contributed by atoms with Gasteiger partial charge in [-0.25, -0.2) is 4.79 Å². The summed E-state index contributed by atoms with van der Waals surface area (Å²) in [6, 6.07) is 7.84. The average Bonchev–Trinajstić information content (AvgIpc) is 2.41. The number of nitrogens with zero attached hydrogens (tertiary/aromatic N) is 1. The van der Waals surface area contributed by atoms with Crippen LogP contribution < -0.4 is 11.1 Å². The van der Waals surface area contributed by atoms with Gasteiger partial charge >= 0.3 is 6.03 Å². The molecule has 1 fully saturated rings. The van der Waals surface area contributed by atoms with Gasteiger partial charge in [0.25, 0.3) is 0 Å². The predicted octanol–water partition coefficient (Wildman–Crippen LogP) is 1.44. The lowest BCUT2D eigenvalue weighted by atomic mass is 9.91. The summed E-state index contributed by atoms with van der Waals surface area (Å²) in [5.74, 6) is 0.237. The molecule has 0 aromatic heterocycles. The monoisotopic (exact) mass is 289 g/mol. The highest BCUT2D eigenvalue weighted by Crippen LogP contribution is 2.20. The summed E-state index contributed by atoms with van der Waals surface area (Å²) < 4.78 is 0. The van der Waals surface area contributed by atoms with Crippen LogP contribution >= 0.6 is 0 Å². The number of carbonyl (C=O) groups excluding carboxylic acids is 2. The summed E-state index contributed by atoms with van der Waals surface area (Å²) in [6.45, 7) is 4.12. The lowest BCUT2D eigenvalue weighted by Gasteiger charge is -2.32. The van der Waals surface area contributed by atoms with E-state index in [1.54, 1.807) is 0 Å². The molecule has 0 saturated carbocycles. The van der Waals surface area contributed by atoms with Crippen molar-refractivity contribution in [3.8, 4) is 0 Å². The topological polar surface area (TPSA) is 75.4 Å². The molecule has 5 heteroatoms. The molecule has 0 radical (unpaired) electrons. The van der Waals surface area contributed by atoms with Crippen molar-refractivity contribution in [1.82, 2.24) is 10.2 Å². The summed E-state index contributed by atoms with van der Waals surface area (Å²) in [5, 5.41) is 2.12. The number of hydrogen-bond acceptors (Lipinski definition) is 3. The Labute approximate surface area is 125 Å². The number of primary amides is 1. The zero-order valence-corrected chi connectivity index (χ0v) is 12.5. The Morgan fingerprint density at radius 3 is 2.71 bits per heavy atom. The third-order valence-electron chi connectivity index (χ3n) is 3.88. The largest absolute Gasteiger partial charge is 0.351 e. The molecule has 0 aliphatic carbocycles. The van der Waals surface area contributed by atoms with Crippen LogP contribution in [0.3, 0.4) is 0 Å². The van der Waals surface area contributed by atoms with E-state index < -0.39 is 6.03 Å². The molecule has 1 unspecified atom stereocenters. The number of carbonyl (C=O) groups is 2. The molecule has 1 saturated heterocycles. The number of rotatable bonds is 4. The van der Waals surface area contributed by atoms with Crippen molar-refractivity contribution in [2.24, 2.45) is 11.7 Å². The summed E-state index contributed by atoms with van der Waals surface area (Å²) >= 11 is 0. The van der Waals surface area contributed by atoms with Crippen molar-refractivity contribution >= 4 is 11.9 Å². The van der Waals surface area contributed by atoms with Gasteiger partial charge in [-0.05, 0) is 44.2 Å². The SMILES string of the molecule is Cc1ccc(CC2CCCN(CC(=O)NC(N)=O)C2)cc1. The number of aryl methyl sites for hydroxylation is 1. The Kier molecular flexibility index (Phi) is 5.33. The molecule has 3 N–H and O–H groups in total. The average molecular weight is 289 g/mol. The number of urea groups is 1. The summed E-state index contributed by atoms with van der Waals surface area (Å²) in [4.78, 5) is 24.3. The fourth-order valence-electron chi connectivity index (χ4n) is 2.90. The number of hydrogen-bond donors (Lipinski definition) is 2. The van der Waals surface area contributed by atoms with Crippen LogP contribution in [0.15, 0.2) is 24.3 Å². The van der Waals surface area contributed by atoms with Gasteiger partial charge in [-0.3, -0.25) is 15.0 Å². The molecule has 0 bridgehead atoms. The molecule has 1 heterocycles. The summed E-state index contributed by atoms with van der Waals surface area (Å²) in [5.41, 5.74) is 7.56. The molecule has 3 amide bonds. The van der Waals surface area contributed by atoms with E-state index in [1.807, 2.05) is 0 Å². The van der Waals surface area contributed by atoms with Crippen LogP contribution in [-0.2, 0) is 11.2 Å². The second kappa shape index (κ2) is 7.22. The Balaban J connectivity index is 1.84. The molecule has 1 aromatic rings. The normalized spacial score (nSPS) is 19.2. The smallest absolute Gasteiger partial charge is 0.318 e. The molecular formula is C16H23N3O2. The highest BCUT2D eigenvalue weighted by atomic mass is 16.2. The van der Waals surface area contributed by atoms with Crippen molar-refractivity contribution < 1.29 is 9.59 Å². The molecular weight excluding hydrogens is 266 g/mol. The second-order valence-electron chi connectivity index (χ2n) is 5.85.